The predicted octanol–water partition coefficient (Wildman–Crippen LogP) is 4.69. The summed E-state index contributed by atoms with van der Waals surface area (Å²) in [4.78, 5) is 22.8. The molecule has 1 fully saturated rings. The molecule has 1 aromatic carbocycles. The van der Waals surface area contributed by atoms with Gasteiger partial charge in [0.15, 0.2) is 6.61 Å². The van der Waals surface area contributed by atoms with Crippen molar-refractivity contribution in [2.75, 3.05) is 13.2 Å². The second-order valence-electron chi connectivity index (χ2n) is 10.6. The van der Waals surface area contributed by atoms with Crippen LogP contribution in [0.25, 0.3) is 0 Å². The summed E-state index contributed by atoms with van der Waals surface area (Å²) in [6.45, 7) is 1.25. The summed E-state index contributed by atoms with van der Waals surface area (Å²) < 4.78 is 11.1. The fraction of sp³-hybridized carbons (Fsp3) is 0.724. The van der Waals surface area contributed by atoms with Gasteiger partial charge in [-0.05, 0) is 79.9 Å². The number of carboxylic acids is 1. The van der Waals surface area contributed by atoms with Crippen LogP contribution in [0.4, 0.5) is 0 Å². The van der Waals surface area contributed by atoms with Gasteiger partial charge in [-0.25, -0.2) is 9.59 Å². The van der Waals surface area contributed by atoms with Crippen molar-refractivity contribution in [1.29, 1.82) is 0 Å². The van der Waals surface area contributed by atoms with Crippen molar-refractivity contribution in [3.8, 4) is 5.75 Å². The van der Waals surface area contributed by atoms with Crippen molar-refractivity contribution >= 4 is 11.9 Å². The second kappa shape index (κ2) is 14.6. The molecule has 0 saturated heterocycles. The Morgan fingerprint density at radius 1 is 1.06 bits per heavy atom. The van der Waals surface area contributed by atoms with Crippen molar-refractivity contribution in [1.82, 2.24) is 0 Å². The lowest BCUT2D eigenvalue weighted by Gasteiger charge is -2.32. The molecule has 2 aliphatic rings. The van der Waals surface area contributed by atoms with Gasteiger partial charge in [-0.15, -0.1) is 0 Å². The van der Waals surface area contributed by atoms with Gasteiger partial charge >= 0.3 is 11.9 Å². The normalized spacial score (nSPS) is 23.5. The molecule has 3 N–H and O–H groups in total. The van der Waals surface area contributed by atoms with Crippen LogP contribution in [0.1, 0.15) is 88.7 Å². The zero-order valence-corrected chi connectivity index (χ0v) is 21.7. The zero-order valence-electron chi connectivity index (χ0n) is 21.7. The van der Waals surface area contributed by atoms with E-state index >= 15 is 0 Å². The lowest BCUT2D eigenvalue weighted by atomic mass is 9.73. The number of aliphatic carboxylic acids is 1. The predicted molar refractivity (Wildman–Crippen MR) is 137 cm³/mol. The number of ether oxygens (including phenoxy) is 2. The molecule has 0 aliphatic heterocycles. The molecule has 0 bridgehead atoms. The van der Waals surface area contributed by atoms with Gasteiger partial charge in [0.25, 0.3) is 0 Å². The van der Waals surface area contributed by atoms with E-state index in [4.69, 9.17) is 14.6 Å². The summed E-state index contributed by atoms with van der Waals surface area (Å²) in [5.41, 5.74) is 2.24. The molecule has 0 aromatic heterocycles. The second-order valence-corrected chi connectivity index (χ2v) is 10.6. The first-order valence-electron chi connectivity index (χ1n) is 13.9. The Balaban J connectivity index is 1.56. The van der Waals surface area contributed by atoms with Crippen LogP contribution in [-0.2, 0) is 27.2 Å². The molecule has 0 spiro atoms. The molecule has 3 rings (SSSR count). The van der Waals surface area contributed by atoms with Gasteiger partial charge in [0.1, 0.15) is 18.5 Å². The molecule has 0 heterocycles. The first-order chi connectivity index (χ1) is 17.4. The molecule has 7 heteroatoms. The third-order valence-corrected chi connectivity index (χ3v) is 8.08. The van der Waals surface area contributed by atoms with E-state index in [0.717, 1.165) is 50.5 Å². The Labute approximate surface area is 215 Å². The third-order valence-electron chi connectivity index (χ3n) is 8.08. The maximum Gasteiger partial charge on any atom is 0.341 e. The molecular weight excluding hydrogens is 460 g/mol. The number of benzene rings is 1. The van der Waals surface area contributed by atoms with Crippen LogP contribution in [0, 0.1) is 17.8 Å². The Kier molecular flexibility index (Phi) is 11.5. The van der Waals surface area contributed by atoms with Crippen molar-refractivity contribution in [3.05, 3.63) is 29.3 Å². The fourth-order valence-corrected chi connectivity index (χ4v) is 6.27. The lowest BCUT2D eigenvalue weighted by molar-refractivity contribution is -0.153. The molecule has 0 radical (unpaired) electrons. The minimum Gasteiger partial charge on any atom is -0.482 e. The average molecular weight is 505 g/mol. The van der Waals surface area contributed by atoms with E-state index in [2.05, 4.69) is 13.0 Å². The highest BCUT2D eigenvalue weighted by molar-refractivity contribution is 5.70. The van der Waals surface area contributed by atoms with Crippen LogP contribution in [0.2, 0.25) is 0 Å². The summed E-state index contributed by atoms with van der Waals surface area (Å²) >= 11 is 0. The Morgan fingerprint density at radius 3 is 2.53 bits per heavy atom. The number of aliphatic hydroxyl groups excluding tert-OH is 2. The van der Waals surface area contributed by atoms with Gasteiger partial charge in [-0.1, -0.05) is 57.6 Å². The van der Waals surface area contributed by atoms with Crippen molar-refractivity contribution in [2.24, 2.45) is 17.8 Å². The van der Waals surface area contributed by atoms with E-state index < -0.39 is 24.6 Å². The maximum absolute atomic E-state index is 11.8. The highest BCUT2D eigenvalue weighted by Crippen LogP contribution is 2.48. The number of aliphatic hydroxyl groups is 2. The molecule has 0 amide bonds. The van der Waals surface area contributed by atoms with Crippen LogP contribution in [0.3, 0.4) is 0 Å². The number of carboxylic acid groups (broad SMARTS) is 1. The number of carbonyl (C=O) groups is 2. The molecule has 5 atom stereocenters. The van der Waals surface area contributed by atoms with E-state index in [1.165, 1.54) is 37.7 Å². The molecule has 2 aliphatic carbocycles. The first kappa shape index (κ1) is 28.5. The maximum atomic E-state index is 11.8. The molecular formula is C29H44O7. The number of carbonyl (C=O) groups excluding carboxylic acids is 1. The van der Waals surface area contributed by atoms with E-state index in [-0.39, 0.29) is 18.6 Å². The van der Waals surface area contributed by atoms with E-state index in [0.29, 0.717) is 24.0 Å². The molecule has 1 aromatic rings. The molecule has 202 valence electrons. The lowest BCUT2D eigenvalue weighted by Crippen LogP contribution is -2.29. The fourth-order valence-electron chi connectivity index (χ4n) is 6.27. The quantitative estimate of drug-likeness (QED) is 0.221. The summed E-state index contributed by atoms with van der Waals surface area (Å²) in [5, 5.41) is 29.1. The van der Waals surface area contributed by atoms with Gasteiger partial charge in [0.05, 0.1) is 6.10 Å². The highest BCUT2D eigenvalue weighted by Gasteiger charge is 2.45. The largest absolute Gasteiger partial charge is 0.482 e. The van der Waals surface area contributed by atoms with Gasteiger partial charge < -0.3 is 24.8 Å². The monoisotopic (exact) mass is 504 g/mol. The number of hydrogen-bond acceptors (Lipinski definition) is 6. The molecule has 0 unspecified atom stereocenters. The summed E-state index contributed by atoms with van der Waals surface area (Å²) in [7, 11) is 0. The number of esters is 1. The van der Waals surface area contributed by atoms with Gasteiger partial charge in [-0.2, -0.15) is 0 Å². The van der Waals surface area contributed by atoms with Crippen LogP contribution < -0.4 is 4.74 Å². The molecule has 7 nitrogen and oxygen atoms in total. The smallest absolute Gasteiger partial charge is 0.341 e. The molecule has 36 heavy (non-hydrogen) atoms. The molecule has 1 saturated carbocycles. The Bertz CT molecular complexity index is 839. The SMILES string of the molecule is CCCCCCCCC[C@@H](CC[C@@H]1[C@H]2Cc3cccc(OCC(=O)O)c3C[C@H]2C[C@H]1O)OC(=O)CO. The van der Waals surface area contributed by atoms with Crippen LogP contribution in [-0.4, -0.2) is 52.7 Å². The van der Waals surface area contributed by atoms with Crippen molar-refractivity contribution < 1.29 is 34.4 Å². The topological polar surface area (TPSA) is 113 Å². The minimum atomic E-state index is -0.995. The third kappa shape index (κ3) is 8.20. The van der Waals surface area contributed by atoms with Gasteiger partial charge in [0, 0.05) is 0 Å². The zero-order chi connectivity index (χ0) is 25.9. The number of unbranched alkanes of at least 4 members (excludes halogenated alkanes) is 6. The highest BCUT2D eigenvalue weighted by atomic mass is 16.6. The standard InChI is InChI=1S/C29H44O7/c1-2-3-4-5-6-7-8-11-22(36-29(34)18-30)13-14-23-24-15-20-10-9-12-27(35-19-28(32)33)25(20)16-21(24)17-26(23)31/h9-10,12,21-24,26,30-31H,2-8,11,13-19H2,1H3,(H,32,33)/t21-,22-,23+,24-,26+/m0/s1. The van der Waals surface area contributed by atoms with E-state index in [1.807, 2.05) is 12.1 Å². The van der Waals surface area contributed by atoms with Crippen LogP contribution in [0.15, 0.2) is 18.2 Å². The van der Waals surface area contributed by atoms with Crippen molar-refractivity contribution in [3.63, 3.8) is 0 Å². The van der Waals surface area contributed by atoms with E-state index in [9.17, 15) is 19.8 Å². The number of fused-ring (bicyclic) bond motifs is 2. The summed E-state index contributed by atoms with van der Waals surface area (Å²) in [6, 6.07) is 5.81. The van der Waals surface area contributed by atoms with E-state index in [1.54, 1.807) is 0 Å². The van der Waals surface area contributed by atoms with Crippen LogP contribution in [0.5, 0.6) is 5.75 Å². The summed E-state index contributed by atoms with van der Waals surface area (Å²) in [5.74, 6) is -0.129. The van der Waals surface area contributed by atoms with Crippen LogP contribution >= 0.6 is 0 Å². The average Bonchev–Trinajstić information content (AvgIpc) is 3.17. The van der Waals surface area contributed by atoms with Crippen molar-refractivity contribution in [2.45, 2.75) is 103 Å². The summed E-state index contributed by atoms with van der Waals surface area (Å²) in [6.07, 6.45) is 12.4. The minimum absolute atomic E-state index is 0.135. The Morgan fingerprint density at radius 2 is 1.81 bits per heavy atom. The number of rotatable bonds is 16. The first-order valence-corrected chi connectivity index (χ1v) is 13.9. The Hall–Kier alpha value is -2.12. The van der Waals surface area contributed by atoms with Gasteiger partial charge in [-0.3, -0.25) is 0 Å². The number of hydrogen-bond donors (Lipinski definition) is 3. The van der Waals surface area contributed by atoms with Gasteiger partial charge in [0.2, 0.25) is 0 Å².